The summed E-state index contributed by atoms with van der Waals surface area (Å²) < 4.78 is 18.3. The number of halogens is 1. The van der Waals surface area contributed by atoms with E-state index in [9.17, 15) is 9.18 Å². The fourth-order valence-corrected chi connectivity index (χ4v) is 3.65. The molecule has 1 amide bonds. The molecule has 3 N–H and O–H groups in total. The van der Waals surface area contributed by atoms with Gasteiger partial charge < -0.3 is 20.7 Å². The number of carbonyl (C=O) groups is 1. The van der Waals surface area contributed by atoms with Gasteiger partial charge in [-0.1, -0.05) is 12.1 Å². The lowest BCUT2D eigenvalue weighted by atomic mass is 10.1. The van der Waals surface area contributed by atoms with Gasteiger partial charge in [-0.05, 0) is 67.9 Å². The maximum atomic E-state index is 13.0. The molecule has 0 bridgehead atoms. The number of methoxy groups -OCH3 is 1. The van der Waals surface area contributed by atoms with E-state index in [0.717, 1.165) is 18.8 Å². The van der Waals surface area contributed by atoms with Gasteiger partial charge in [-0.2, -0.15) is 0 Å². The van der Waals surface area contributed by atoms with Gasteiger partial charge in [0.1, 0.15) is 11.6 Å². The Labute approximate surface area is 182 Å². The van der Waals surface area contributed by atoms with Crippen molar-refractivity contribution in [3.63, 3.8) is 0 Å². The summed E-state index contributed by atoms with van der Waals surface area (Å²) in [5, 5.41) is 9.09. The second-order valence-electron chi connectivity index (χ2n) is 7.39. The van der Waals surface area contributed by atoms with E-state index in [-0.39, 0.29) is 24.3 Å². The number of hydrogen-bond donors (Lipinski definition) is 3. The van der Waals surface area contributed by atoms with Gasteiger partial charge in [-0.15, -0.1) is 0 Å². The molecule has 2 aromatic rings. The highest BCUT2D eigenvalue weighted by molar-refractivity contribution is 5.94. The van der Waals surface area contributed by atoms with E-state index < -0.39 is 0 Å². The van der Waals surface area contributed by atoms with E-state index in [2.05, 4.69) is 38.0 Å². The number of hydrogen-bond acceptors (Lipinski definition) is 4. The number of aliphatic imine (C=N–C) groups is 1. The van der Waals surface area contributed by atoms with Gasteiger partial charge in [0.05, 0.1) is 19.7 Å². The first-order valence-electron chi connectivity index (χ1n) is 10.5. The molecule has 31 heavy (non-hydrogen) atoms. The van der Waals surface area contributed by atoms with E-state index in [0.29, 0.717) is 18.2 Å². The molecule has 1 saturated heterocycles. The van der Waals surface area contributed by atoms with Crippen molar-refractivity contribution in [1.29, 1.82) is 0 Å². The molecule has 1 atom stereocenters. The van der Waals surface area contributed by atoms with Crippen LogP contribution in [0.3, 0.4) is 0 Å². The summed E-state index contributed by atoms with van der Waals surface area (Å²) in [6.07, 6.45) is 2.40. The van der Waals surface area contributed by atoms with Crippen LogP contribution in [-0.2, 0) is 4.79 Å². The second kappa shape index (κ2) is 11.3. The Morgan fingerprint density at radius 1 is 1.10 bits per heavy atom. The van der Waals surface area contributed by atoms with Gasteiger partial charge in [-0.3, -0.25) is 14.7 Å². The SMILES string of the molecule is CN=C(NCC(=O)Nc1ccc(F)cc1)NCC(c1ccc(OC)cc1)N1CCCC1. The first kappa shape index (κ1) is 22.6. The predicted octanol–water partition coefficient (Wildman–Crippen LogP) is 2.77. The zero-order valence-corrected chi connectivity index (χ0v) is 18.0. The normalized spacial score (nSPS) is 15.4. The van der Waals surface area contributed by atoms with Crippen LogP contribution in [-0.4, -0.2) is 57.1 Å². The molecular weight excluding hydrogens is 397 g/mol. The van der Waals surface area contributed by atoms with E-state index >= 15 is 0 Å². The van der Waals surface area contributed by atoms with E-state index in [4.69, 9.17) is 4.74 Å². The Kier molecular flexibility index (Phi) is 8.23. The average molecular weight is 428 g/mol. The zero-order chi connectivity index (χ0) is 22.1. The van der Waals surface area contributed by atoms with E-state index in [1.165, 1.54) is 42.7 Å². The summed E-state index contributed by atoms with van der Waals surface area (Å²) in [4.78, 5) is 18.9. The van der Waals surface area contributed by atoms with Gasteiger partial charge in [0.2, 0.25) is 5.91 Å². The third-order valence-corrected chi connectivity index (χ3v) is 5.31. The van der Waals surface area contributed by atoms with Gasteiger partial charge in [-0.25, -0.2) is 4.39 Å². The molecule has 0 radical (unpaired) electrons. The molecule has 1 fully saturated rings. The minimum Gasteiger partial charge on any atom is -0.497 e. The molecule has 3 rings (SSSR count). The van der Waals surface area contributed by atoms with Crippen molar-refractivity contribution in [3.05, 3.63) is 59.9 Å². The number of anilines is 1. The van der Waals surface area contributed by atoms with Crippen LogP contribution in [0, 0.1) is 5.82 Å². The Morgan fingerprint density at radius 2 is 1.77 bits per heavy atom. The number of nitrogens with one attached hydrogen (secondary N) is 3. The molecule has 2 aromatic carbocycles. The lowest BCUT2D eigenvalue weighted by molar-refractivity contribution is -0.115. The highest BCUT2D eigenvalue weighted by Crippen LogP contribution is 2.26. The van der Waals surface area contributed by atoms with Crippen LogP contribution in [0.1, 0.15) is 24.4 Å². The summed E-state index contributed by atoms with van der Waals surface area (Å²) in [5.41, 5.74) is 1.75. The number of ether oxygens (including phenoxy) is 1. The molecule has 0 saturated carbocycles. The number of likely N-dealkylation sites (tertiary alicyclic amines) is 1. The van der Waals surface area contributed by atoms with Crippen LogP contribution in [0.5, 0.6) is 5.75 Å². The number of benzene rings is 2. The molecule has 1 unspecified atom stereocenters. The van der Waals surface area contributed by atoms with Crippen LogP contribution >= 0.6 is 0 Å². The highest BCUT2D eigenvalue weighted by atomic mass is 19.1. The maximum absolute atomic E-state index is 13.0. The number of carbonyl (C=O) groups excluding carboxylic acids is 1. The Bertz CT molecular complexity index is 865. The monoisotopic (exact) mass is 427 g/mol. The summed E-state index contributed by atoms with van der Waals surface area (Å²) in [7, 11) is 3.34. The molecular formula is C23H30FN5O2. The number of rotatable bonds is 8. The first-order valence-corrected chi connectivity index (χ1v) is 10.5. The smallest absolute Gasteiger partial charge is 0.243 e. The Morgan fingerprint density at radius 3 is 2.39 bits per heavy atom. The van der Waals surface area contributed by atoms with Gasteiger partial charge in [0.15, 0.2) is 5.96 Å². The predicted molar refractivity (Wildman–Crippen MR) is 121 cm³/mol. The minimum absolute atomic E-state index is 0.0496. The highest BCUT2D eigenvalue weighted by Gasteiger charge is 2.23. The molecule has 1 heterocycles. The topological polar surface area (TPSA) is 78.0 Å². The standard InChI is InChI=1S/C23H30FN5O2/c1-25-23(27-16-22(30)28-19-9-7-18(24)8-10-19)26-15-21(29-13-3-4-14-29)17-5-11-20(31-2)12-6-17/h5-12,21H,3-4,13-16H2,1-2H3,(H,28,30)(H2,25,26,27). The van der Waals surface area contributed by atoms with Crippen molar-refractivity contribution >= 4 is 17.6 Å². The summed E-state index contributed by atoms with van der Waals surface area (Å²) >= 11 is 0. The van der Waals surface area contributed by atoms with Crippen molar-refractivity contribution in [2.24, 2.45) is 4.99 Å². The summed E-state index contributed by atoms with van der Waals surface area (Å²) in [5.74, 6) is 0.805. The lowest BCUT2D eigenvalue weighted by Crippen LogP contribution is -2.44. The molecule has 0 aliphatic carbocycles. The van der Waals surface area contributed by atoms with Crippen molar-refractivity contribution in [1.82, 2.24) is 15.5 Å². The van der Waals surface area contributed by atoms with Crippen LogP contribution in [0.15, 0.2) is 53.5 Å². The maximum Gasteiger partial charge on any atom is 0.243 e. The summed E-state index contributed by atoms with van der Waals surface area (Å²) in [6, 6.07) is 14.0. The quantitative estimate of drug-likeness (QED) is 0.446. The number of guanidine groups is 1. The third kappa shape index (κ3) is 6.68. The van der Waals surface area contributed by atoms with Crippen molar-refractivity contribution < 1.29 is 13.9 Å². The van der Waals surface area contributed by atoms with Crippen LogP contribution in [0.25, 0.3) is 0 Å². The molecule has 0 spiro atoms. The fourth-order valence-electron chi connectivity index (χ4n) is 3.65. The number of amides is 1. The van der Waals surface area contributed by atoms with E-state index in [1.807, 2.05) is 12.1 Å². The lowest BCUT2D eigenvalue weighted by Gasteiger charge is -2.29. The van der Waals surface area contributed by atoms with Crippen molar-refractivity contribution in [3.8, 4) is 5.75 Å². The molecule has 7 nitrogen and oxygen atoms in total. The van der Waals surface area contributed by atoms with Gasteiger partial charge >= 0.3 is 0 Å². The molecule has 166 valence electrons. The summed E-state index contributed by atoms with van der Waals surface area (Å²) in [6.45, 7) is 2.83. The average Bonchev–Trinajstić information content (AvgIpc) is 3.32. The molecule has 8 heteroatoms. The van der Waals surface area contributed by atoms with Gasteiger partial charge in [0, 0.05) is 19.3 Å². The Hall–Kier alpha value is -3.13. The second-order valence-corrected chi connectivity index (χ2v) is 7.39. The number of nitrogens with zero attached hydrogens (tertiary/aromatic N) is 2. The molecule has 0 aromatic heterocycles. The fraction of sp³-hybridized carbons (Fsp3) is 0.391. The molecule has 1 aliphatic heterocycles. The largest absolute Gasteiger partial charge is 0.497 e. The van der Waals surface area contributed by atoms with E-state index in [1.54, 1.807) is 14.2 Å². The van der Waals surface area contributed by atoms with Gasteiger partial charge in [0.25, 0.3) is 0 Å². The van der Waals surface area contributed by atoms with Crippen LogP contribution in [0.4, 0.5) is 10.1 Å². The van der Waals surface area contributed by atoms with Crippen LogP contribution < -0.4 is 20.7 Å². The third-order valence-electron chi connectivity index (χ3n) is 5.31. The Balaban J connectivity index is 1.54. The minimum atomic E-state index is -0.342. The zero-order valence-electron chi connectivity index (χ0n) is 18.0. The van der Waals surface area contributed by atoms with Crippen molar-refractivity contribution in [2.45, 2.75) is 18.9 Å². The molecule has 1 aliphatic rings. The first-order chi connectivity index (χ1) is 15.1. The van der Waals surface area contributed by atoms with Crippen molar-refractivity contribution in [2.75, 3.05) is 45.7 Å². The van der Waals surface area contributed by atoms with Crippen LogP contribution in [0.2, 0.25) is 0 Å².